The average molecular weight is 239 g/mol. The minimum atomic E-state index is -0.172. The summed E-state index contributed by atoms with van der Waals surface area (Å²) in [4.78, 5) is 0. The largest absolute Gasteiger partial charge is 0.396 e. The number of aliphatic hydroxyl groups is 1. The topological polar surface area (TPSA) is 32.3 Å². The van der Waals surface area contributed by atoms with Crippen molar-refractivity contribution < 1.29 is 9.50 Å². The zero-order chi connectivity index (χ0) is 12.8. The van der Waals surface area contributed by atoms with Crippen LogP contribution in [0.5, 0.6) is 0 Å². The summed E-state index contributed by atoms with van der Waals surface area (Å²) in [5.41, 5.74) is 1.75. The van der Waals surface area contributed by atoms with E-state index in [2.05, 4.69) is 19.2 Å². The molecule has 0 aliphatic heterocycles. The molecule has 1 aromatic rings. The van der Waals surface area contributed by atoms with Gasteiger partial charge in [-0.2, -0.15) is 0 Å². The Balaban J connectivity index is 2.61. The highest BCUT2D eigenvalue weighted by atomic mass is 19.1. The van der Waals surface area contributed by atoms with E-state index >= 15 is 0 Å². The fourth-order valence-corrected chi connectivity index (χ4v) is 1.89. The van der Waals surface area contributed by atoms with Crippen molar-refractivity contribution in [2.75, 3.05) is 6.61 Å². The molecule has 2 N–H and O–H groups in total. The van der Waals surface area contributed by atoms with Gasteiger partial charge in [-0.3, -0.25) is 0 Å². The van der Waals surface area contributed by atoms with Crippen LogP contribution in [0.15, 0.2) is 18.2 Å². The minimum Gasteiger partial charge on any atom is -0.396 e. The van der Waals surface area contributed by atoms with Gasteiger partial charge in [0.1, 0.15) is 5.82 Å². The molecule has 0 saturated carbocycles. The molecule has 1 rings (SSSR count). The molecule has 1 unspecified atom stereocenters. The molecule has 17 heavy (non-hydrogen) atoms. The summed E-state index contributed by atoms with van der Waals surface area (Å²) in [5.74, 6) is 0.254. The molecule has 3 heteroatoms. The van der Waals surface area contributed by atoms with Gasteiger partial charge in [0, 0.05) is 24.8 Å². The number of aryl methyl sites for hydroxylation is 1. The third-order valence-electron chi connectivity index (χ3n) is 3.00. The second-order valence-corrected chi connectivity index (χ2v) is 4.84. The van der Waals surface area contributed by atoms with E-state index in [1.54, 1.807) is 6.07 Å². The van der Waals surface area contributed by atoms with Crippen molar-refractivity contribution in [3.8, 4) is 0 Å². The lowest BCUT2D eigenvalue weighted by Crippen LogP contribution is -2.34. The normalized spacial score (nSPS) is 13.1. The van der Waals surface area contributed by atoms with Crippen molar-refractivity contribution >= 4 is 0 Å². The number of benzene rings is 1. The zero-order valence-electron chi connectivity index (χ0n) is 10.8. The molecule has 0 bridgehead atoms. The molecule has 0 aliphatic rings. The van der Waals surface area contributed by atoms with Gasteiger partial charge in [-0.1, -0.05) is 31.5 Å². The predicted octanol–water partition coefficient (Wildman–Crippen LogP) is 2.63. The van der Waals surface area contributed by atoms with Crippen molar-refractivity contribution in [2.24, 2.45) is 5.92 Å². The Morgan fingerprint density at radius 2 is 2.06 bits per heavy atom. The maximum Gasteiger partial charge on any atom is 0.127 e. The van der Waals surface area contributed by atoms with Crippen molar-refractivity contribution in [2.45, 2.75) is 39.8 Å². The molecule has 1 aromatic carbocycles. The fourth-order valence-electron chi connectivity index (χ4n) is 1.89. The quantitative estimate of drug-likeness (QED) is 0.800. The van der Waals surface area contributed by atoms with Crippen LogP contribution in [0.2, 0.25) is 0 Å². The molecular weight excluding hydrogens is 217 g/mol. The molecule has 0 radical (unpaired) electrons. The van der Waals surface area contributed by atoms with Gasteiger partial charge in [0.2, 0.25) is 0 Å². The van der Waals surface area contributed by atoms with Crippen LogP contribution in [0, 0.1) is 18.7 Å². The number of hydrogen-bond acceptors (Lipinski definition) is 2. The summed E-state index contributed by atoms with van der Waals surface area (Å²) in [5, 5.41) is 12.3. The van der Waals surface area contributed by atoms with Gasteiger partial charge in [0.15, 0.2) is 0 Å². The lowest BCUT2D eigenvalue weighted by Gasteiger charge is -2.21. The Bertz CT molecular complexity index is 352. The van der Waals surface area contributed by atoms with Gasteiger partial charge >= 0.3 is 0 Å². The summed E-state index contributed by atoms with van der Waals surface area (Å²) >= 11 is 0. The molecule has 0 spiro atoms. The number of rotatable bonds is 6. The Hall–Kier alpha value is -0.930. The van der Waals surface area contributed by atoms with Gasteiger partial charge in [-0.25, -0.2) is 4.39 Å². The molecule has 0 heterocycles. The van der Waals surface area contributed by atoms with Crippen LogP contribution in [0.3, 0.4) is 0 Å². The second kappa shape index (κ2) is 6.72. The number of halogens is 1. The van der Waals surface area contributed by atoms with E-state index in [0.29, 0.717) is 24.4 Å². The average Bonchev–Trinajstić information content (AvgIpc) is 2.28. The summed E-state index contributed by atoms with van der Waals surface area (Å²) in [6.45, 7) is 6.82. The predicted molar refractivity (Wildman–Crippen MR) is 68.3 cm³/mol. The number of hydrogen-bond donors (Lipinski definition) is 2. The molecular formula is C14H22FNO. The lowest BCUT2D eigenvalue weighted by atomic mass is 10.0. The Kier molecular flexibility index (Phi) is 5.59. The first-order valence-electron chi connectivity index (χ1n) is 6.14. The minimum absolute atomic E-state index is 0.159. The summed E-state index contributed by atoms with van der Waals surface area (Å²) in [6.07, 6.45) is 0.700. The summed E-state index contributed by atoms with van der Waals surface area (Å²) < 4.78 is 13.5. The maximum absolute atomic E-state index is 13.5. The van der Waals surface area contributed by atoms with Crippen LogP contribution in [0.1, 0.15) is 31.4 Å². The van der Waals surface area contributed by atoms with Crippen LogP contribution >= 0.6 is 0 Å². The Labute approximate surface area is 103 Å². The number of nitrogens with one attached hydrogen (secondary N) is 1. The third-order valence-corrected chi connectivity index (χ3v) is 3.00. The Morgan fingerprint density at radius 1 is 1.35 bits per heavy atom. The zero-order valence-corrected chi connectivity index (χ0v) is 10.8. The van der Waals surface area contributed by atoms with Crippen molar-refractivity contribution in [3.05, 3.63) is 35.1 Å². The van der Waals surface area contributed by atoms with Crippen LogP contribution in [0.25, 0.3) is 0 Å². The summed E-state index contributed by atoms with van der Waals surface area (Å²) in [7, 11) is 0. The first-order chi connectivity index (χ1) is 8.04. The van der Waals surface area contributed by atoms with E-state index in [1.807, 2.05) is 13.0 Å². The summed E-state index contributed by atoms with van der Waals surface area (Å²) in [6, 6.07) is 5.35. The van der Waals surface area contributed by atoms with E-state index in [0.717, 1.165) is 5.56 Å². The van der Waals surface area contributed by atoms with Gasteiger partial charge in [-0.15, -0.1) is 0 Å². The molecule has 2 nitrogen and oxygen atoms in total. The van der Waals surface area contributed by atoms with Crippen molar-refractivity contribution in [3.63, 3.8) is 0 Å². The third kappa shape index (κ3) is 4.44. The molecule has 1 atom stereocenters. The lowest BCUT2D eigenvalue weighted by molar-refractivity contribution is 0.243. The fraction of sp³-hybridized carbons (Fsp3) is 0.571. The molecule has 0 aliphatic carbocycles. The Morgan fingerprint density at radius 3 is 2.65 bits per heavy atom. The first-order valence-corrected chi connectivity index (χ1v) is 6.14. The van der Waals surface area contributed by atoms with Gasteiger partial charge in [0.25, 0.3) is 0 Å². The van der Waals surface area contributed by atoms with E-state index in [1.165, 1.54) is 6.07 Å². The van der Waals surface area contributed by atoms with E-state index in [4.69, 9.17) is 5.11 Å². The van der Waals surface area contributed by atoms with Crippen LogP contribution in [-0.2, 0) is 6.54 Å². The van der Waals surface area contributed by atoms with Crippen molar-refractivity contribution in [1.82, 2.24) is 5.32 Å². The monoisotopic (exact) mass is 239 g/mol. The molecule has 96 valence electrons. The highest BCUT2D eigenvalue weighted by molar-refractivity contribution is 5.23. The highest BCUT2D eigenvalue weighted by Gasteiger charge is 2.12. The van der Waals surface area contributed by atoms with Crippen LogP contribution in [0.4, 0.5) is 4.39 Å². The molecule has 0 aromatic heterocycles. The second-order valence-electron chi connectivity index (χ2n) is 4.84. The van der Waals surface area contributed by atoms with Crippen molar-refractivity contribution in [1.29, 1.82) is 0 Å². The van der Waals surface area contributed by atoms with Crippen LogP contribution < -0.4 is 5.32 Å². The molecule has 0 fully saturated rings. The van der Waals surface area contributed by atoms with Crippen LogP contribution in [-0.4, -0.2) is 17.8 Å². The smallest absolute Gasteiger partial charge is 0.127 e. The molecule has 0 amide bonds. The van der Waals surface area contributed by atoms with Gasteiger partial charge in [0.05, 0.1) is 0 Å². The first kappa shape index (κ1) is 14.1. The van der Waals surface area contributed by atoms with E-state index in [9.17, 15) is 4.39 Å². The number of aliphatic hydroxyl groups excluding tert-OH is 1. The highest BCUT2D eigenvalue weighted by Crippen LogP contribution is 2.12. The standard InChI is InChI=1S/C14H22FNO/c1-10(2)14(6-7-17)16-9-12-8-11(3)4-5-13(12)15/h4-5,8,10,14,16-17H,6-7,9H2,1-3H3. The van der Waals surface area contributed by atoms with E-state index in [-0.39, 0.29) is 18.5 Å². The maximum atomic E-state index is 13.5. The van der Waals surface area contributed by atoms with Gasteiger partial charge < -0.3 is 10.4 Å². The van der Waals surface area contributed by atoms with E-state index < -0.39 is 0 Å². The van der Waals surface area contributed by atoms with Gasteiger partial charge in [-0.05, 0) is 25.3 Å². The molecule has 0 saturated heterocycles. The SMILES string of the molecule is Cc1ccc(F)c(CNC(CCO)C(C)C)c1.